The van der Waals surface area contributed by atoms with Gasteiger partial charge in [0.15, 0.2) is 5.82 Å². The molecule has 0 aliphatic carbocycles. The molecule has 1 aromatic heterocycles. The van der Waals surface area contributed by atoms with E-state index in [1.54, 1.807) is 24.4 Å². The van der Waals surface area contributed by atoms with E-state index in [1.807, 2.05) is 37.3 Å². The second-order valence-corrected chi connectivity index (χ2v) is 4.98. The van der Waals surface area contributed by atoms with Crippen LogP contribution in [-0.4, -0.2) is 15.2 Å². The Morgan fingerprint density at radius 1 is 1.00 bits per heavy atom. The summed E-state index contributed by atoms with van der Waals surface area (Å²) in [5.41, 5.74) is 3.39. The summed E-state index contributed by atoms with van der Waals surface area (Å²) in [4.78, 5) is 4.37. The van der Waals surface area contributed by atoms with Crippen LogP contribution in [0.1, 0.15) is 11.1 Å². The molecule has 0 saturated heterocycles. The fourth-order valence-electron chi connectivity index (χ4n) is 2.08. The summed E-state index contributed by atoms with van der Waals surface area (Å²) in [5, 5.41) is 23.0. The van der Waals surface area contributed by atoms with Crippen molar-refractivity contribution in [3.63, 3.8) is 0 Å². The van der Waals surface area contributed by atoms with E-state index >= 15 is 0 Å². The van der Waals surface area contributed by atoms with Gasteiger partial charge in [-0.05, 0) is 42.8 Å². The fourth-order valence-corrected chi connectivity index (χ4v) is 2.08. The molecule has 0 amide bonds. The minimum absolute atomic E-state index is 0.359. The van der Waals surface area contributed by atoms with Gasteiger partial charge in [-0.15, -0.1) is 5.10 Å². The van der Waals surface area contributed by atoms with Crippen molar-refractivity contribution < 1.29 is 0 Å². The third kappa shape index (κ3) is 3.80. The molecule has 3 rings (SSSR count). The molecule has 0 spiro atoms. The Kier molecular flexibility index (Phi) is 4.11. The molecule has 3 aromatic rings. The van der Waals surface area contributed by atoms with E-state index in [0.29, 0.717) is 17.3 Å². The lowest BCUT2D eigenvalue weighted by atomic mass is 10.2. The minimum atomic E-state index is 0.359. The van der Waals surface area contributed by atoms with Gasteiger partial charge in [0.25, 0.3) is 0 Å². The number of nitrogens with zero attached hydrogens (tertiary/aromatic N) is 4. The van der Waals surface area contributed by atoms with E-state index in [1.165, 1.54) is 0 Å². The van der Waals surface area contributed by atoms with Crippen LogP contribution in [-0.2, 0) is 0 Å². The van der Waals surface area contributed by atoms with Gasteiger partial charge in [0.1, 0.15) is 0 Å². The molecule has 0 fully saturated rings. The Bertz CT molecular complexity index is 869. The molecule has 1 heterocycles. The zero-order valence-electron chi connectivity index (χ0n) is 12.5. The Morgan fingerprint density at radius 3 is 2.57 bits per heavy atom. The maximum absolute atomic E-state index is 8.93. The quantitative estimate of drug-likeness (QED) is 0.766. The van der Waals surface area contributed by atoms with Crippen LogP contribution in [0.4, 0.5) is 23.1 Å². The summed E-state index contributed by atoms with van der Waals surface area (Å²) >= 11 is 0. The molecule has 6 heteroatoms. The molecule has 2 aromatic carbocycles. The lowest BCUT2D eigenvalue weighted by Crippen LogP contribution is -2.02. The van der Waals surface area contributed by atoms with Crippen LogP contribution in [0.5, 0.6) is 0 Å². The zero-order chi connectivity index (χ0) is 16.1. The molecule has 0 aliphatic heterocycles. The zero-order valence-corrected chi connectivity index (χ0v) is 12.5. The van der Waals surface area contributed by atoms with Crippen molar-refractivity contribution >= 4 is 23.1 Å². The predicted molar refractivity (Wildman–Crippen MR) is 88.7 cm³/mol. The van der Waals surface area contributed by atoms with Gasteiger partial charge in [-0.25, -0.2) is 0 Å². The number of hydrogen-bond donors (Lipinski definition) is 2. The van der Waals surface area contributed by atoms with Crippen molar-refractivity contribution in [2.45, 2.75) is 6.92 Å². The first-order valence-corrected chi connectivity index (χ1v) is 7.03. The average molecular weight is 302 g/mol. The van der Waals surface area contributed by atoms with Gasteiger partial charge in [0.05, 0.1) is 17.8 Å². The number of rotatable bonds is 4. The average Bonchev–Trinajstić information content (AvgIpc) is 2.55. The summed E-state index contributed by atoms with van der Waals surface area (Å²) in [6.45, 7) is 2.03. The molecule has 6 nitrogen and oxygen atoms in total. The van der Waals surface area contributed by atoms with Gasteiger partial charge in [0.2, 0.25) is 5.95 Å². The highest BCUT2D eigenvalue weighted by molar-refractivity contribution is 5.60. The molecule has 0 saturated carbocycles. The van der Waals surface area contributed by atoms with Crippen molar-refractivity contribution in [1.29, 1.82) is 5.26 Å². The number of anilines is 4. The van der Waals surface area contributed by atoms with Gasteiger partial charge in [-0.2, -0.15) is 15.3 Å². The molecule has 23 heavy (non-hydrogen) atoms. The standard InChI is InChI=1S/C17H14N6/c1-12-4-2-6-14(8-12)20-16-11-19-23-17(22-16)21-15-7-3-5-13(9-15)10-18/h2-9,11H,1H3,(H2,20,21,22,23). The van der Waals surface area contributed by atoms with Crippen LogP contribution in [0.3, 0.4) is 0 Å². The van der Waals surface area contributed by atoms with Crippen LogP contribution in [0.25, 0.3) is 0 Å². The van der Waals surface area contributed by atoms with E-state index in [4.69, 9.17) is 5.26 Å². The topological polar surface area (TPSA) is 86.5 Å². The minimum Gasteiger partial charge on any atom is -0.339 e. The third-order valence-electron chi connectivity index (χ3n) is 3.10. The summed E-state index contributed by atoms with van der Waals surface area (Å²) in [6, 6.07) is 17.2. The monoisotopic (exact) mass is 302 g/mol. The van der Waals surface area contributed by atoms with Gasteiger partial charge in [-0.1, -0.05) is 18.2 Å². The van der Waals surface area contributed by atoms with E-state index in [-0.39, 0.29) is 0 Å². The number of aryl methyl sites for hydroxylation is 1. The highest BCUT2D eigenvalue weighted by atomic mass is 15.3. The normalized spacial score (nSPS) is 9.91. The molecule has 0 bridgehead atoms. The van der Waals surface area contributed by atoms with Crippen LogP contribution in [0.15, 0.2) is 54.7 Å². The maximum Gasteiger partial charge on any atom is 0.249 e. The third-order valence-corrected chi connectivity index (χ3v) is 3.10. The van der Waals surface area contributed by atoms with E-state index in [2.05, 4.69) is 31.9 Å². The lowest BCUT2D eigenvalue weighted by molar-refractivity contribution is 0.982. The maximum atomic E-state index is 8.93. The number of hydrogen-bond acceptors (Lipinski definition) is 6. The summed E-state index contributed by atoms with van der Waals surface area (Å²) in [6.07, 6.45) is 1.55. The first-order valence-electron chi connectivity index (χ1n) is 7.03. The van der Waals surface area contributed by atoms with Gasteiger partial charge in [-0.3, -0.25) is 0 Å². The Hall–Kier alpha value is -3.46. The van der Waals surface area contributed by atoms with E-state index in [0.717, 1.165) is 16.9 Å². The second kappa shape index (κ2) is 6.54. The Labute approximate surface area is 133 Å². The van der Waals surface area contributed by atoms with Crippen LogP contribution < -0.4 is 10.6 Å². The summed E-state index contributed by atoms with van der Waals surface area (Å²) in [5.74, 6) is 0.947. The molecule has 112 valence electrons. The molecular formula is C17H14N6. The van der Waals surface area contributed by atoms with Crippen molar-refractivity contribution in [2.24, 2.45) is 0 Å². The molecule has 0 atom stereocenters. The Balaban J connectivity index is 1.78. The number of nitriles is 1. The van der Waals surface area contributed by atoms with Crippen molar-refractivity contribution in [2.75, 3.05) is 10.6 Å². The van der Waals surface area contributed by atoms with Crippen molar-refractivity contribution in [3.05, 3.63) is 65.9 Å². The smallest absolute Gasteiger partial charge is 0.249 e. The van der Waals surface area contributed by atoms with Crippen molar-refractivity contribution in [1.82, 2.24) is 15.2 Å². The largest absolute Gasteiger partial charge is 0.339 e. The number of benzene rings is 2. The van der Waals surface area contributed by atoms with Crippen LogP contribution in [0.2, 0.25) is 0 Å². The second-order valence-electron chi connectivity index (χ2n) is 4.98. The SMILES string of the molecule is Cc1cccc(Nc2cnnc(Nc3cccc(C#N)c3)n2)c1. The summed E-state index contributed by atoms with van der Waals surface area (Å²) < 4.78 is 0. The van der Waals surface area contributed by atoms with Gasteiger partial charge >= 0.3 is 0 Å². The van der Waals surface area contributed by atoms with Crippen molar-refractivity contribution in [3.8, 4) is 6.07 Å². The highest BCUT2D eigenvalue weighted by Gasteiger charge is 2.03. The first-order chi connectivity index (χ1) is 11.2. The number of nitrogens with one attached hydrogen (secondary N) is 2. The van der Waals surface area contributed by atoms with E-state index < -0.39 is 0 Å². The molecule has 0 radical (unpaired) electrons. The number of aromatic nitrogens is 3. The first kappa shape index (κ1) is 14.5. The predicted octanol–water partition coefficient (Wildman–Crippen LogP) is 3.54. The van der Waals surface area contributed by atoms with Crippen LogP contribution in [0, 0.1) is 18.3 Å². The molecule has 0 unspecified atom stereocenters. The van der Waals surface area contributed by atoms with Gasteiger partial charge < -0.3 is 10.6 Å². The summed E-state index contributed by atoms with van der Waals surface area (Å²) in [7, 11) is 0. The molecule has 2 N–H and O–H groups in total. The van der Waals surface area contributed by atoms with Crippen LogP contribution >= 0.6 is 0 Å². The Morgan fingerprint density at radius 2 is 1.78 bits per heavy atom. The van der Waals surface area contributed by atoms with Gasteiger partial charge in [0, 0.05) is 11.4 Å². The molecular weight excluding hydrogens is 288 g/mol. The lowest BCUT2D eigenvalue weighted by Gasteiger charge is -2.08. The molecule has 0 aliphatic rings. The highest BCUT2D eigenvalue weighted by Crippen LogP contribution is 2.18. The fraction of sp³-hybridized carbons (Fsp3) is 0.0588. The van der Waals surface area contributed by atoms with E-state index in [9.17, 15) is 0 Å².